The molecule has 1 rings (SSSR count). The van der Waals surface area contributed by atoms with E-state index in [-0.39, 0.29) is 5.56 Å². The van der Waals surface area contributed by atoms with Crippen LogP contribution in [-0.4, -0.2) is 53.4 Å². The molecule has 0 radical (unpaired) electrons. The molecule has 1 aromatic rings. The van der Waals surface area contributed by atoms with E-state index in [0.717, 1.165) is 25.2 Å². The van der Waals surface area contributed by atoms with Crippen LogP contribution < -0.4 is 10.9 Å². The van der Waals surface area contributed by atoms with Crippen molar-refractivity contribution in [2.45, 2.75) is 25.1 Å². The Morgan fingerprint density at radius 2 is 2.25 bits per heavy atom. The summed E-state index contributed by atoms with van der Waals surface area (Å²) in [6.45, 7) is 4.41. The molecule has 0 amide bonds. The highest BCUT2D eigenvalue weighted by molar-refractivity contribution is 9.10. The first-order valence-corrected chi connectivity index (χ1v) is 8.70. The Balaban J connectivity index is 2.66. The van der Waals surface area contributed by atoms with E-state index in [4.69, 9.17) is 0 Å². The van der Waals surface area contributed by atoms with Crippen LogP contribution in [0.5, 0.6) is 0 Å². The summed E-state index contributed by atoms with van der Waals surface area (Å²) in [4.78, 5) is 14.2. The van der Waals surface area contributed by atoms with Crippen molar-refractivity contribution in [3.8, 4) is 0 Å². The smallest absolute Gasteiger partial charge is 0.283 e. The number of thioether (sulfide) groups is 1. The maximum Gasteiger partial charge on any atom is 0.283 e. The molecule has 5 nitrogen and oxygen atoms in total. The van der Waals surface area contributed by atoms with Crippen molar-refractivity contribution in [3.63, 3.8) is 0 Å². The summed E-state index contributed by atoms with van der Waals surface area (Å²) in [7, 11) is 3.95. The number of aromatic nitrogens is 2. The van der Waals surface area contributed by atoms with Crippen molar-refractivity contribution < 1.29 is 0 Å². The monoisotopic (exact) mass is 362 g/mol. The zero-order valence-corrected chi connectivity index (χ0v) is 14.9. The molecule has 0 saturated carbocycles. The fourth-order valence-electron chi connectivity index (χ4n) is 1.57. The minimum absolute atomic E-state index is 0.0882. The molecular weight excluding hydrogens is 340 g/mol. The van der Waals surface area contributed by atoms with Crippen LogP contribution in [0.2, 0.25) is 0 Å². The molecule has 0 aliphatic heterocycles. The summed E-state index contributed by atoms with van der Waals surface area (Å²) in [6.07, 6.45) is 4.87. The Kier molecular flexibility index (Phi) is 7.61. The summed E-state index contributed by atoms with van der Waals surface area (Å²) >= 11 is 5.21. The first kappa shape index (κ1) is 17.5. The zero-order chi connectivity index (χ0) is 15.1. The van der Waals surface area contributed by atoms with Gasteiger partial charge in [0.15, 0.2) is 0 Å². The lowest BCUT2D eigenvalue weighted by atomic mass is 10.3. The lowest BCUT2D eigenvalue weighted by molar-refractivity contribution is 0.367. The highest BCUT2D eigenvalue weighted by Gasteiger charge is 2.09. The van der Waals surface area contributed by atoms with E-state index < -0.39 is 0 Å². The largest absolute Gasteiger partial charge is 0.383 e. The molecule has 0 spiro atoms. The summed E-state index contributed by atoms with van der Waals surface area (Å²) in [5.74, 6) is 0. The number of anilines is 1. The van der Waals surface area contributed by atoms with Crippen molar-refractivity contribution >= 4 is 33.4 Å². The number of nitrogens with one attached hydrogen (secondary N) is 1. The van der Waals surface area contributed by atoms with E-state index in [1.54, 1.807) is 6.20 Å². The van der Waals surface area contributed by atoms with Crippen LogP contribution in [0.15, 0.2) is 15.5 Å². The van der Waals surface area contributed by atoms with E-state index in [0.29, 0.717) is 16.3 Å². The third-order valence-corrected chi connectivity index (χ3v) is 4.82. The first-order chi connectivity index (χ1) is 9.45. The molecule has 0 bridgehead atoms. The normalized spacial score (nSPS) is 12.7. The summed E-state index contributed by atoms with van der Waals surface area (Å²) in [5, 5.41) is 8.08. The zero-order valence-electron chi connectivity index (χ0n) is 12.5. The van der Waals surface area contributed by atoms with Gasteiger partial charge in [0, 0.05) is 18.3 Å². The van der Waals surface area contributed by atoms with Crippen molar-refractivity contribution in [3.05, 3.63) is 21.0 Å². The SMILES string of the molecule is CSC(C)CCNc1cnn(CCN(C)C)c(=O)c1Br. The second-order valence-corrected chi connectivity index (χ2v) is 7.03. The maximum atomic E-state index is 12.1. The number of nitrogens with zero attached hydrogens (tertiary/aromatic N) is 3. The molecule has 114 valence electrons. The Bertz CT molecular complexity index is 478. The summed E-state index contributed by atoms with van der Waals surface area (Å²) in [5.41, 5.74) is 0.680. The second kappa shape index (κ2) is 8.69. The molecule has 1 aromatic heterocycles. The molecule has 1 atom stereocenters. The number of hydrogen-bond donors (Lipinski definition) is 1. The molecule has 0 aliphatic carbocycles. The molecule has 0 saturated heterocycles. The van der Waals surface area contributed by atoms with Crippen LogP contribution in [0.1, 0.15) is 13.3 Å². The van der Waals surface area contributed by atoms with Gasteiger partial charge in [-0.25, -0.2) is 4.68 Å². The fourth-order valence-corrected chi connectivity index (χ4v) is 2.37. The Hall–Kier alpha value is -0.530. The maximum absolute atomic E-state index is 12.1. The molecule has 7 heteroatoms. The van der Waals surface area contributed by atoms with Gasteiger partial charge in [0.25, 0.3) is 5.56 Å². The van der Waals surface area contributed by atoms with E-state index in [1.165, 1.54) is 4.68 Å². The number of likely N-dealkylation sites (N-methyl/N-ethyl adjacent to an activating group) is 1. The Labute approximate surface area is 133 Å². The Morgan fingerprint density at radius 3 is 2.85 bits per heavy atom. The summed E-state index contributed by atoms with van der Waals surface area (Å²) < 4.78 is 2.04. The van der Waals surface area contributed by atoms with E-state index >= 15 is 0 Å². The van der Waals surface area contributed by atoms with Crippen LogP contribution in [-0.2, 0) is 6.54 Å². The van der Waals surface area contributed by atoms with Gasteiger partial charge in [-0.3, -0.25) is 4.79 Å². The second-order valence-electron chi connectivity index (χ2n) is 4.97. The van der Waals surface area contributed by atoms with Gasteiger partial charge in [0.1, 0.15) is 4.47 Å². The van der Waals surface area contributed by atoms with Crippen LogP contribution in [0.4, 0.5) is 5.69 Å². The predicted octanol–water partition coefficient (Wildman–Crippen LogP) is 2.12. The number of hydrogen-bond acceptors (Lipinski definition) is 5. The van der Waals surface area contributed by atoms with E-state index in [2.05, 4.69) is 39.5 Å². The lowest BCUT2D eigenvalue weighted by Gasteiger charge is -2.13. The molecule has 1 heterocycles. The predicted molar refractivity (Wildman–Crippen MR) is 90.8 cm³/mol. The standard InChI is InChI=1S/C13H23BrN4OS/c1-10(20-4)5-6-15-11-9-16-18(8-7-17(2)3)13(19)12(11)14/h9-10,15H,5-8H2,1-4H3. The minimum Gasteiger partial charge on any atom is -0.383 e. The average molecular weight is 363 g/mol. The van der Waals surface area contributed by atoms with Gasteiger partial charge in [0.2, 0.25) is 0 Å². The van der Waals surface area contributed by atoms with Crippen molar-refractivity contribution in [1.82, 2.24) is 14.7 Å². The van der Waals surface area contributed by atoms with Crippen molar-refractivity contribution in [2.75, 3.05) is 38.8 Å². The first-order valence-electron chi connectivity index (χ1n) is 6.62. The van der Waals surface area contributed by atoms with Gasteiger partial charge in [-0.1, -0.05) is 6.92 Å². The van der Waals surface area contributed by atoms with E-state index in [1.807, 2.05) is 30.8 Å². The molecule has 1 N–H and O–H groups in total. The molecule has 20 heavy (non-hydrogen) atoms. The third kappa shape index (κ3) is 5.46. The third-order valence-electron chi connectivity index (χ3n) is 3.01. The van der Waals surface area contributed by atoms with Crippen LogP contribution in [0, 0.1) is 0 Å². The van der Waals surface area contributed by atoms with Gasteiger partial charge in [-0.15, -0.1) is 0 Å². The lowest BCUT2D eigenvalue weighted by Crippen LogP contribution is -2.29. The molecule has 0 fully saturated rings. The van der Waals surface area contributed by atoms with Crippen molar-refractivity contribution in [1.29, 1.82) is 0 Å². The van der Waals surface area contributed by atoms with Crippen LogP contribution >= 0.6 is 27.7 Å². The number of rotatable bonds is 8. The molecule has 1 unspecified atom stereocenters. The van der Waals surface area contributed by atoms with Crippen molar-refractivity contribution in [2.24, 2.45) is 0 Å². The summed E-state index contributed by atoms with van der Waals surface area (Å²) in [6, 6.07) is 0. The van der Waals surface area contributed by atoms with Gasteiger partial charge in [-0.2, -0.15) is 16.9 Å². The van der Waals surface area contributed by atoms with Gasteiger partial charge < -0.3 is 10.2 Å². The topological polar surface area (TPSA) is 50.2 Å². The van der Waals surface area contributed by atoms with Gasteiger partial charge in [0.05, 0.1) is 18.4 Å². The number of halogens is 1. The highest BCUT2D eigenvalue weighted by Crippen LogP contribution is 2.17. The Morgan fingerprint density at radius 1 is 1.55 bits per heavy atom. The molecule has 0 aliphatic rings. The quantitative estimate of drug-likeness (QED) is 0.767. The highest BCUT2D eigenvalue weighted by atomic mass is 79.9. The van der Waals surface area contributed by atoms with Crippen LogP contribution in [0.3, 0.4) is 0 Å². The minimum atomic E-state index is -0.0882. The fraction of sp³-hybridized carbons (Fsp3) is 0.692. The van der Waals surface area contributed by atoms with Crippen LogP contribution in [0.25, 0.3) is 0 Å². The van der Waals surface area contributed by atoms with E-state index in [9.17, 15) is 4.79 Å². The molecule has 0 aromatic carbocycles. The van der Waals surface area contributed by atoms with Gasteiger partial charge in [-0.05, 0) is 42.7 Å². The molecular formula is C13H23BrN4OS. The average Bonchev–Trinajstić information content (AvgIpc) is 2.42. The van der Waals surface area contributed by atoms with Gasteiger partial charge >= 0.3 is 0 Å².